The first-order valence-corrected chi connectivity index (χ1v) is 10.2. The number of anilines is 1. The molecule has 0 aliphatic carbocycles. The van der Waals surface area contributed by atoms with Gasteiger partial charge in [0, 0.05) is 23.6 Å². The van der Waals surface area contributed by atoms with E-state index >= 15 is 0 Å². The van der Waals surface area contributed by atoms with Gasteiger partial charge in [-0.1, -0.05) is 11.6 Å². The van der Waals surface area contributed by atoms with Gasteiger partial charge in [0.25, 0.3) is 5.91 Å². The maximum absolute atomic E-state index is 12.6. The molecule has 1 amide bonds. The van der Waals surface area contributed by atoms with Gasteiger partial charge in [-0.15, -0.1) is 0 Å². The molecule has 9 heteroatoms. The first kappa shape index (κ1) is 19.5. The molecule has 0 saturated carbocycles. The number of hydrogen-bond acceptors (Lipinski definition) is 5. The van der Waals surface area contributed by atoms with E-state index in [0.29, 0.717) is 23.8 Å². The molecular weight excluding hydrogens is 392 g/mol. The van der Waals surface area contributed by atoms with Crippen LogP contribution in [0.3, 0.4) is 0 Å². The van der Waals surface area contributed by atoms with Crippen molar-refractivity contribution >= 4 is 33.2 Å². The van der Waals surface area contributed by atoms with Crippen molar-refractivity contribution in [2.45, 2.75) is 31.3 Å². The van der Waals surface area contributed by atoms with E-state index in [0.717, 1.165) is 18.1 Å². The highest BCUT2D eigenvalue weighted by molar-refractivity contribution is 7.89. The van der Waals surface area contributed by atoms with Crippen LogP contribution in [0.15, 0.2) is 35.2 Å². The number of hydrogen-bond donors (Lipinski definition) is 2. The van der Waals surface area contributed by atoms with Gasteiger partial charge in [0.2, 0.25) is 10.0 Å². The fourth-order valence-corrected chi connectivity index (χ4v) is 3.94. The molecule has 0 bridgehead atoms. The standard InChI is InChI=1S/C18H19ClN2O5S/c1-3-25-16-7-12-6-10(2)26-15(12)9-14(16)21-18(22)11-4-5-13(19)17(8-11)27(20,23)24/h4-5,7-10H,3,6H2,1-2H3,(H,21,22)(H2,20,23,24)/t10-/m1/s1. The predicted octanol–water partition coefficient (Wildman–Crippen LogP) is 2.96. The van der Waals surface area contributed by atoms with Gasteiger partial charge < -0.3 is 14.8 Å². The number of sulfonamides is 1. The Kier molecular flexibility index (Phi) is 5.32. The smallest absolute Gasteiger partial charge is 0.255 e. The van der Waals surface area contributed by atoms with Crippen LogP contribution in [-0.4, -0.2) is 27.0 Å². The highest BCUT2D eigenvalue weighted by atomic mass is 35.5. The quantitative estimate of drug-likeness (QED) is 0.787. The number of amides is 1. The number of carbonyl (C=O) groups is 1. The summed E-state index contributed by atoms with van der Waals surface area (Å²) in [6, 6.07) is 7.42. The van der Waals surface area contributed by atoms with Crippen LogP contribution in [-0.2, 0) is 16.4 Å². The zero-order valence-corrected chi connectivity index (χ0v) is 16.4. The fourth-order valence-electron chi connectivity index (χ4n) is 2.87. The number of halogens is 1. The molecule has 1 aliphatic rings. The van der Waals surface area contributed by atoms with Crippen LogP contribution in [0.25, 0.3) is 0 Å². The highest BCUT2D eigenvalue weighted by Gasteiger charge is 2.23. The summed E-state index contributed by atoms with van der Waals surface area (Å²) in [5.74, 6) is 0.675. The Morgan fingerprint density at radius 2 is 2.11 bits per heavy atom. The molecule has 1 heterocycles. The molecular formula is C18H19ClN2O5S. The van der Waals surface area contributed by atoms with E-state index in [1.54, 1.807) is 6.07 Å². The molecule has 1 aliphatic heterocycles. The van der Waals surface area contributed by atoms with Gasteiger partial charge >= 0.3 is 0 Å². The predicted molar refractivity (Wildman–Crippen MR) is 102 cm³/mol. The van der Waals surface area contributed by atoms with Gasteiger partial charge in [0.1, 0.15) is 22.5 Å². The van der Waals surface area contributed by atoms with E-state index in [1.807, 2.05) is 19.9 Å². The molecule has 0 radical (unpaired) electrons. The van der Waals surface area contributed by atoms with Crippen LogP contribution in [0.4, 0.5) is 5.69 Å². The Balaban J connectivity index is 1.94. The van der Waals surface area contributed by atoms with Crippen molar-refractivity contribution in [3.8, 4) is 11.5 Å². The summed E-state index contributed by atoms with van der Waals surface area (Å²) in [6.07, 6.45) is 0.812. The maximum atomic E-state index is 12.6. The zero-order valence-electron chi connectivity index (χ0n) is 14.8. The van der Waals surface area contributed by atoms with Crippen molar-refractivity contribution in [3.05, 3.63) is 46.5 Å². The van der Waals surface area contributed by atoms with Gasteiger partial charge in [0.05, 0.1) is 17.3 Å². The topological polar surface area (TPSA) is 108 Å². The van der Waals surface area contributed by atoms with Gasteiger partial charge in [-0.3, -0.25) is 4.79 Å². The number of primary sulfonamides is 1. The van der Waals surface area contributed by atoms with Crippen LogP contribution < -0.4 is 19.9 Å². The summed E-state index contributed by atoms with van der Waals surface area (Å²) in [7, 11) is -4.05. The highest BCUT2D eigenvalue weighted by Crippen LogP contribution is 2.38. The number of nitrogens with two attached hydrogens (primary N) is 1. The van der Waals surface area contributed by atoms with Gasteiger partial charge in [-0.2, -0.15) is 0 Å². The zero-order chi connectivity index (χ0) is 19.8. The second-order valence-corrected chi connectivity index (χ2v) is 8.10. The van der Waals surface area contributed by atoms with Crippen molar-refractivity contribution in [2.24, 2.45) is 5.14 Å². The normalized spacial score (nSPS) is 15.8. The number of rotatable bonds is 5. The molecule has 0 fully saturated rings. The Labute approximate surface area is 162 Å². The van der Waals surface area contributed by atoms with Crippen molar-refractivity contribution < 1.29 is 22.7 Å². The largest absolute Gasteiger partial charge is 0.492 e. The average molecular weight is 411 g/mol. The van der Waals surface area contributed by atoms with Crippen molar-refractivity contribution in [1.29, 1.82) is 0 Å². The summed E-state index contributed by atoms with van der Waals surface area (Å²) in [5.41, 5.74) is 1.54. The summed E-state index contributed by atoms with van der Waals surface area (Å²) in [6.45, 7) is 4.23. The minimum Gasteiger partial charge on any atom is -0.492 e. The minimum absolute atomic E-state index is 0.0500. The lowest BCUT2D eigenvalue weighted by atomic mass is 10.1. The van der Waals surface area contributed by atoms with E-state index in [4.69, 9.17) is 26.2 Å². The van der Waals surface area contributed by atoms with E-state index in [-0.39, 0.29) is 21.6 Å². The molecule has 27 heavy (non-hydrogen) atoms. The Morgan fingerprint density at radius 1 is 1.37 bits per heavy atom. The second-order valence-electron chi connectivity index (χ2n) is 6.17. The summed E-state index contributed by atoms with van der Waals surface area (Å²) < 4.78 is 34.6. The lowest BCUT2D eigenvalue weighted by Gasteiger charge is -2.14. The molecule has 144 valence electrons. The molecule has 2 aromatic carbocycles. The molecule has 0 spiro atoms. The van der Waals surface area contributed by atoms with Crippen molar-refractivity contribution in [3.63, 3.8) is 0 Å². The molecule has 3 N–H and O–H groups in total. The molecule has 0 unspecified atom stereocenters. The van der Waals surface area contributed by atoms with Gasteiger partial charge in [0.15, 0.2) is 0 Å². The molecule has 2 aromatic rings. The van der Waals surface area contributed by atoms with Crippen LogP contribution in [0, 0.1) is 0 Å². The number of nitrogens with one attached hydrogen (secondary N) is 1. The summed E-state index contributed by atoms with van der Waals surface area (Å²) in [5, 5.41) is 7.82. The van der Waals surface area contributed by atoms with Crippen LogP contribution in [0.2, 0.25) is 5.02 Å². The van der Waals surface area contributed by atoms with Crippen LogP contribution >= 0.6 is 11.6 Å². The van der Waals surface area contributed by atoms with E-state index in [2.05, 4.69) is 5.32 Å². The molecule has 1 atom stereocenters. The Hall–Kier alpha value is -2.29. The SMILES string of the molecule is CCOc1cc2c(cc1NC(=O)c1ccc(Cl)c(S(N)(=O)=O)c1)O[C@H](C)C2. The molecule has 0 aromatic heterocycles. The third-order valence-corrected chi connectivity index (χ3v) is 5.44. The molecule has 3 rings (SSSR count). The fraction of sp³-hybridized carbons (Fsp3) is 0.278. The van der Waals surface area contributed by atoms with Gasteiger partial charge in [-0.05, 0) is 38.1 Å². The van der Waals surface area contributed by atoms with E-state index < -0.39 is 15.9 Å². The summed E-state index contributed by atoms with van der Waals surface area (Å²) >= 11 is 5.86. The van der Waals surface area contributed by atoms with E-state index in [1.165, 1.54) is 12.1 Å². The third kappa shape index (κ3) is 4.18. The Bertz CT molecular complexity index is 1010. The third-order valence-electron chi connectivity index (χ3n) is 4.05. The number of ether oxygens (including phenoxy) is 2. The first-order valence-electron chi connectivity index (χ1n) is 8.29. The van der Waals surface area contributed by atoms with Gasteiger partial charge in [-0.25, -0.2) is 13.6 Å². The Morgan fingerprint density at radius 3 is 2.78 bits per heavy atom. The summed E-state index contributed by atoms with van der Waals surface area (Å²) in [4.78, 5) is 12.3. The average Bonchev–Trinajstić information content (AvgIpc) is 2.93. The number of fused-ring (bicyclic) bond motifs is 1. The lowest BCUT2D eigenvalue weighted by molar-refractivity contribution is 0.102. The van der Waals surface area contributed by atoms with Crippen molar-refractivity contribution in [1.82, 2.24) is 0 Å². The maximum Gasteiger partial charge on any atom is 0.255 e. The monoisotopic (exact) mass is 410 g/mol. The molecule has 0 saturated heterocycles. The number of benzene rings is 2. The molecule has 7 nitrogen and oxygen atoms in total. The van der Waals surface area contributed by atoms with Crippen LogP contribution in [0.5, 0.6) is 11.5 Å². The second kappa shape index (κ2) is 7.38. The number of carbonyl (C=O) groups excluding carboxylic acids is 1. The van der Waals surface area contributed by atoms with E-state index in [9.17, 15) is 13.2 Å². The van der Waals surface area contributed by atoms with Crippen LogP contribution in [0.1, 0.15) is 29.8 Å². The van der Waals surface area contributed by atoms with Crippen molar-refractivity contribution in [2.75, 3.05) is 11.9 Å². The lowest BCUT2D eigenvalue weighted by Crippen LogP contribution is -2.16. The minimum atomic E-state index is -4.05. The first-order chi connectivity index (χ1) is 12.7.